The van der Waals surface area contributed by atoms with Crippen LogP contribution in [0.25, 0.3) is 0 Å². The van der Waals surface area contributed by atoms with Gasteiger partial charge in [-0.25, -0.2) is 4.79 Å². The molecule has 0 saturated carbocycles. The Bertz CT molecular complexity index is 712. The van der Waals surface area contributed by atoms with Crippen molar-refractivity contribution in [1.82, 2.24) is 4.90 Å². The zero-order valence-electron chi connectivity index (χ0n) is 14.1. The van der Waals surface area contributed by atoms with Gasteiger partial charge < -0.3 is 14.4 Å². The maximum atomic E-state index is 12.5. The van der Waals surface area contributed by atoms with Crippen molar-refractivity contribution in [2.45, 2.75) is 25.5 Å². The van der Waals surface area contributed by atoms with E-state index in [4.69, 9.17) is 9.47 Å². The van der Waals surface area contributed by atoms with Gasteiger partial charge in [0.1, 0.15) is 0 Å². The molecule has 1 aliphatic heterocycles. The highest BCUT2D eigenvalue weighted by molar-refractivity contribution is 7.10. The fourth-order valence-corrected chi connectivity index (χ4v) is 3.91. The molecule has 2 heterocycles. The minimum Gasteiger partial charge on any atom is -0.452 e. The summed E-state index contributed by atoms with van der Waals surface area (Å²) in [6, 6.07) is 11.2. The number of carbonyl (C=O) groups is 2. The standard InChI is InChI=1S/C19H21NO4S/c1-23-12-14-6-8-15(9-7-14)19(22)24-13-18(21)20-10-2-4-16(20)17-5-3-11-25-17/h3,5-9,11,16H,2,4,10,12-13H2,1H3/t16-/m1/s1. The molecular weight excluding hydrogens is 338 g/mol. The summed E-state index contributed by atoms with van der Waals surface area (Å²) in [4.78, 5) is 27.6. The first-order valence-corrected chi connectivity index (χ1v) is 9.15. The molecular formula is C19H21NO4S. The Morgan fingerprint density at radius 1 is 1.24 bits per heavy atom. The Hall–Kier alpha value is -2.18. The summed E-state index contributed by atoms with van der Waals surface area (Å²) in [6.45, 7) is 0.984. The first-order valence-electron chi connectivity index (χ1n) is 8.27. The zero-order chi connectivity index (χ0) is 17.6. The van der Waals surface area contributed by atoms with Crippen molar-refractivity contribution in [3.8, 4) is 0 Å². The van der Waals surface area contributed by atoms with Crippen molar-refractivity contribution in [3.63, 3.8) is 0 Å². The normalized spacial score (nSPS) is 16.8. The molecule has 3 rings (SSSR count). The van der Waals surface area contributed by atoms with Gasteiger partial charge in [-0.1, -0.05) is 18.2 Å². The van der Waals surface area contributed by atoms with Crippen LogP contribution in [0.4, 0.5) is 0 Å². The number of nitrogens with zero attached hydrogens (tertiary/aromatic N) is 1. The number of likely N-dealkylation sites (tertiary alicyclic amines) is 1. The third kappa shape index (κ3) is 4.27. The van der Waals surface area contributed by atoms with E-state index in [9.17, 15) is 9.59 Å². The maximum Gasteiger partial charge on any atom is 0.338 e. The third-order valence-electron chi connectivity index (χ3n) is 4.27. The van der Waals surface area contributed by atoms with Crippen LogP contribution in [0, 0.1) is 0 Å². The predicted octanol–water partition coefficient (Wildman–Crippen LogP) is 3.42. The van der Waals surface area contributed by atoms with E-state index in [-0.39, 0.29) is 18.6 Å². The van der Waals surface area contributed by atoms with Crippen molar-refractivity contribution in [2.75, 3.05) is 20.3 Å². The number of carbonyl (C=O) groups excluding carboxylic acids is 2. The van der Waals surface area contributed by atoms with Crippen molar-refractivity contribution < 1.29 is 19.1 Å². The molecule has 0 radical (unpaired) electrons. The highest BCUT2D eigenvalue weighted by Crippen LogP contribution is 2.34. The fraction of sp³-hybridized carbons (Fsp3) is 0.368. The first kappa shape index (κ1) is 17.6. The second kappa shape index (κ2) is 8.27. The van der Waals surface area contributed by atoms with Crippen LogP contribution in [0.3, 0.4) is 0 Å². The van der Waals surface area contributed by atoms with Gasteiger partial charge in [0.2, 0.25) is 0 Å². The largest absolute Gasteiger partial charge is 0.452 e. The highest BCUT2D eigenvalue weighted by Gasteiger charge is 2.31. The molecule has 0 spiro atoms. The Morgan fingerprint density at radius 2 is 2.04 bits per heavy atom. The number of ether oxygens (including phenoxy) is 2. The molecule has 1 atom stereocenters. The van der Waals surface area contributed by atoms with Gasteiger partial charge in [0.25, 0.3) is 5.91 Å². The molecule has 6 heteroatoms. The summed E-state index contributed by atoms with van der Waals surface area (Å²) >= 11 is 1.66. The van der Waals surface area contributed by atoms with Gasteiger partial charge in [0, 0.05) is 18.5 Å². The van der Waals surface area contributed by atoms with E-state index in [0.717, 1.165) is 18.4 Å². The van der Waals surface area contributed by atoms with E-state index < -0.39 is 5.97 Å². The minimum atomic E-state index is -0.482. The van der Waals surface area contributed by atoms with Crippen LogP contribution in [0.5, 0.6) is 0 Å². The highest BCUT2D eigenvalue weighted by atomic mass is 32.1. The van der Waals surface area contributed by atoms with Crippen LogP contribution >= 0.6 is 11.3 Å². The lowest BCUT2D eigenvalue weighted by atomic mass is 10.1. The van der Waals surface area contributed by atoms with E-state index in [1.54, 1.807) is 30.6 Å². The number of rotatable bonds is 6. The summed E-state index contributed by atoms with van der Waals surface area (Å²) in [5.41, 5.74) is 1.41. The van der Waals surface area contributed by atoms with Crippen LogP contribution < -0.4 is 0 Å². The summed E-state index contributed by atoms with van der Waals surface area (Å²) < 4.78 is 10.2. The van der Waals surface area contributed by atoms with Gasteiger partial charge in [-0.05, 0) is 42.0 Å². The Labute approximate surface area is 151 Å². The third-order valence-corrected chi connectivity index (χ3v) is 5.25. The van der Waals surface area contributed by atoms with Crippen LogP contribution in [0.1, 0.15) is 39.7 Å². The molecule has 1 saturated heterocycles. The Morgan fingerprint density at radius 3 is 2.72 bits per heavy atom. The van der Waals surface area contributed by atoms with E-state index in [1.807, 2.05) is 28.5 Å². The summed E-state index contributed by atoms with van der Waals surface area (Å²) in [5, 5.41) is 2.02. The first-order chi connectivity index (χ1) is 12.2. The SMILES string of the molecule is COCc1ccc(C(=O)OCC(=O)N2CCC[C@@H]2c2cccs2)cc1. The smallest absolute Gasteiger partial charge is 0.338 e. The Kier molecular flexibility index (Phi) is 5.83. The molecule has 1 aromatic carbocycles. The maximum absolute atomic E-state index is 12.5. The molecule has 5 nitrogen and oxygen atoms in total. The van der Waals surface area contributed by atoms with Gasteiger partial charge in [0.15, 0.2) is 6.61 Å². The lowest BCUT2D eigenvalue weighted by Gasteiger charge is -2.23. The van der Waals surface area contributed by atoms with Crippen molar-refractivity contribution in [1.29, 1.82) is 0 Å². The molecule has 1 fully saturated rings. The van der Waals surface area contributed by atoms with Crippen molar-refractivity contribution >= 4 is 23.2 Å². The van der Waals surface area contributed by atoms with Gasteiger partial charge >= 0.3 is 5.97 Å². The molecule has 1 aliphatic rings. The van der Waals surface area contributed by atoms with Gasteiger partial charge in [-0.3, -0.25) is 4.79 Å². The molecule has 0 aliphatic carbocycles. The average molecular weight is 359 g/mol. The van der Waals surface area contributed by atoms with E-state index in [1.165, 1.54) is 4.88 Å². The number of hydrogen-bond acceptors (Lipinski definition) is 5. The van der Waals surface area contributed by atoms with Gasteiger partial charge in [-0.15, -0.1) is 11.3 Å². The molecule has 1 aromatic heterocycles. The quantitative estimate of drug-likeness (QED) is 0.742. The lowest BCUT2D eigenvalue weighted by Crippen LogP contribution is -2.34. The number of amides is 1. The lowest BCUT2D eigenvalue weighted by molar-refractivity contribution is -0.135. The molecule has 0 bridgehead atoms. The Balaban J connectivity index is 1.55. The second-order valence-electron chi connectivity index (χ2n) is 5.97. The van der Waals surface area contributed by atoms with E-state index in [2.05, 4.69) is 6.07 Å². The van der Waals surface area contributed by atoms with E-state index in [0.29, 0.717) is 18.7 Å². The number of methoxy groups -OCH3 is 1. The fourth-order valence-electron chi connectivity index (χ4n) is 3.04. The predicted molar refractivity (Wildman–Crippen MR) is 95.4 cm³/mol. The molecule has 132 valence electrons. The summed E-state index contributed by atoms with van der Waals surface area (Å²) in [5.74, 6) is -0.621. The van der Waals surface area contributed by atoms with E-state index >= 15 is 0 Å². The van der Waals surface area contributed by atoms with Gasteiger partial charge in [0.05, 0.1) is 18.2 Å². The molecule has 0 unspecified atom stereocenters. The number of benzene rings is 1. The summed E-state index contributed by atoms with van der Waals surface area (Å²) in [6.07, 6.45) is 1.93. The number of thiophene rings is 1. The number of hydrogen-bond donors (Lipinski definition) is 0. The van der Waals surface area contributed by atoms with Crippen LogP contribution in [0.15, 0.2) is 41.8 Å². The molecule has 25 heavy (non-hydrogen) atoms. The topological polar surface area (TPSA) is 55.8 Å². The molecule has 1 amide bonds. The van der Waals surface area contributed by atoms with Crippen LogP contribution in [-0.2, 0) is 20.9 Å². The minimum absolute atomic E-state index is 0.111. The van der Waals surface area contributed by atoms with Crippen molar-refractivity contribution in [3.05, 3.63) is 57.8 Å². The summed E-state index contributed by atoms with van der Waals surface area (Å²) in [7, 11) is 1.62. The zero-order valence-corrected chi connectivity index (χ0v) is 15.0. The number of esters is 1. The monoisotopic (exact) mass is 359 g/mol. The van der Waals surface area contributed by atoms with Crippen LogP contribution in [0.2, 0.25) is 0 Å². The van der Waals surface area contributed by atoms with Crippen molar-refractivity contribution in [2.24, 2.45) is 0 Å². The average Bonchev–Trinajstić information content (AvgIpc) is 3.31. The molecule has 0 N–H and O–H groups in total. The molecule has 2 aromatic rings. The van der Waals surface area contributed by atoms with Gasteiger partial charge in [-0.2, -0.15) is 0 Å². The van der Waals surface area contributed by atoms with Crippen LogP contribution in [-0.4, -0.2) is 37.0 Å². The second-order valence-corrected chi connectivity index (χ2v) is 6.95.